The van der Waals surface area contributed by atoms with Gasteiger partial charge in [0.2, 0.25) is 10.0 Å². The lowest BCUT2D eigenvalue weighted by Crippen LogP contribution is -2.41. The standard InChI is InChI=1S/C23H27FN2O5S/c1-2-25(16-18-7-6-8-20(24)15-18)22(27)17-31-23(28)19-11-13-26(14-12-19)32(29,30)21-9-4-3-5-10-21/h3-10,15,19H,2,11-14,16-17H2,1H3. The van der Waals surface area contributed by atoms with Gasteiger partial charge in [0, 0.05) is 26.2 Å². The monoisotopic (exact) mass is 462 g/mol. The Kier molecular flexibility index (Phi) is 7.98. The number of likely N-dealkylation sites (N-methyl/N-ethyl adjacent to an activating group) is 1. The van der Waals surface area contributed by atoms with Gasteiger partial charge in [0.25, 0.3) is 5.91 Å². The van der Waals surface area contributed by atoms with Crippen molar-refractivity contribution in [3.05, 3.63) is 66.0 Å². The van der Waals surface area contributed by atoms with Gasteiger partial charge in [-0.25, -0.2) is 12.8 Å². The van der Waals surface area contributed by atoms with Crippen molar-refractivity contribution >= 4 is 21.9 Å². The van der Waals surface area contributed by atoms with E-state index in [0.29, 0.717) is 24.9 Å². The predicted octanol–water partition coefficient (Wildman–Crippen LogP) is 2.82. The van der Waals surface area contributed by atoms with Crippen LogP contribution in [0.1, 0.15) is 25.3 Å². The van der Waals surface area contributed by atoms with Gasteiger partial charge in [0.15, 0.2) is 6.61 Å². The first-order valence-electron chi connectivity index (χ1n) is 10.6. The lowest BCUT2D eigenvalue weighted by molar-refractivity contribution is -0.156. The van der Waals surface area contributed by atoms with Gasteiger partial charge >= 0.3 is 5.97 Å². The molecule has 0 unspecified atom stereocenters. The third kappa shape index (κ3) is 5.92. The summed E-state index contributed by atoms with van der Waals surface area (Å²) in [7, 11) is -3.59. The molecule has 1 aliphatic heterocycles. The molecule has 0 radical (unpaired) electrons. The van der Waals surface area contributed by atoms with Crippen LogP contribution in [0.25, 0.3) is 0 Å². The van der Waals surface area contributed by atoms with Crippen molar-refractivity contribution in [3.63, 3.8) is 0 Å². The first-order chi connectivity index (χ1) is 15.3. The number of benzene rings is 2. The van der Waals surface area contributed by atoms with Gasteiger partial charge in [-0.2, -0.15) is 4.31 Å². The second-order valence-corrected chi connectivity index (χ2v) is 9.57. The number of nitrogens with zero attached hydrogens (tertiary/aromatic N) is 2. The molecule has 2 aromatic rings. The highest BCUT2D eigenvalue weighted by Gasteiger charge is 2.33. The molecule has 1 aliphatic rings. The van der Waals surface area contributed by atoms with Gasteiger partial charge in [0.05, 0.1) is 10.8 Å². The number of esters is 1. The van der Waals surface area contributed by atoms with Crippen molar-refractivity contribution < 1.29 is 27.1 Å². The topological polar surface area (TPSA) is 84.0 Å². The molecule has 0 bridgehead atoms. The van der Waals surface area contributed by atoms with Gasteiger partial charge in [-0.1, -0.05) is 30.3 Å². The molecule has 32 heavy (non-hydrogen) atoms. The lowest BCUT2D eigenvalue weighted by Gasteiger charge is -2.30. The van der Waals surface area contributed by atoms with Crippen molar-refractivity contribution in [1.82, 2.24) is 9.21 Å². The Labute approximate surface area is 187 Å². The second-order valence-electron chi connectivity index (χ2n) is 7.64. The number of amides is 1. The number of rotatable bonds is 8. The summed E-state index contributed by atoms with van der Waals surface area (Å²) in [4.78, 5) is 26.6. The Bertz CT molecular complexity index is 1040. The molecule has 0 spiro atoms. The molecule has 3 rings (SSSR count). The molecule has 0 saturated carbocycles. The number of hydrogen-bond acceptors (Lipinski definition) is 5. The molecule has 1 saturated heterocycles. The maximum atomic E-state index is 13.4. The largest absolute Gasteiger partial charge is 0.455 e. The smallest absolute Gasteiger partial charge is 0.309 e. The first kappa shape index (κ1) is 23.9. The Hall–Kier alpha value is -2.78. The average Bonchev–Trinajstić information content (AvgIpc) is 2.81. The SMILES string of the molecule is CCN(Cc1cccc(F)c1)C(=O)COC(=O)C1CCN(S(=O)(=O)c2ccccc2)CC1. The van der Waals surface area contributed by atoms with Crippen molar-refractivity contribution in [2.24, 2.45) is 5.92 Å². The Morgan fingerprint density at radius 1 is 1.09 bits per heavy atom. The van der Waals surface area contributed by atoms with E-state index in [-0.39, 0.29) is 36.3 Å². The fourth-order valence-electron chi connectivity index (χ4n) is 3.65. The molecule has 172 valence electrons. The summed E-state index contributed by atoms with van der Waals surface area (Å²) in [5, 5.41) is 0. The maximum Gasteiger partial charge on any atom is 0.309 e. The van der Waals surface area contributed by atoms with E-state index in [1.54, 1.807) is 49.4 Å². The highest BCUT2D eigenvalue weighted by atomic mass is 32.2. The van der Waals surface area contributed by atoms with Crippen LogP contribution in [0.2, 0.25) is 0 Å². The van der Waals surface area contributed by atoms with Crippen LogP contribution < -0.4 is 0 Å². The summed E-state index contributed by atoms with van der Waals surface area (Å²) in [5.41, 5.74) is 0.651. The van der Waals surface area contributed by atoms with Gasteiger partial charge < -0.3 is 9.64 Å². The predicted molar refractivity (Wildman–Crippen MR) is 116 cm³/mol. The van der Waals surface area contributed by atoms with E-state index in [1.165, 1.54) is 21.3 Å². The summed E-state index contributed by atoms with van der Waals surface area (Å²) in [6, 6.07) is 14.2. The summed E-state index contributed by atoms with van der Waals surface area (Å²) in [5.74, 6) is -1.70. The third-order valence-corrected chi connectivity index (χ3v) is 7.42. The van der Waals surface area contributed by atoms with Crippen LogP contribution in [0, 0.1) is 11.7 Å². The summed E-state index contributed by atoms with van der Waals surface area (Å²) in [6.45, 7) is 2.44. The minimum absolute atomic E-state index is 0.214. The molecule has 1 fully saturated rings. The average molecular weight is 463 g/mol. The highest BCUT2D eigenvalue weighted by molar-refractivity contribution is 7.89. The van der Waals surface area contributed by atoms with Gasteiger partial charge in [0.1, 0.15) is 5.82 Å². The summed E-state index contributed by atoms with van der Waals surface area (Å²) < 4.78 is 45.3. The first-order valence-corrected chi connectivity index (χ1v) is 12.0. The molecule has 0 atom stereocenters. The van der Waals surface area contributed by atoms with Crippen LogP contribution in [0.3, 0.4) is 0 Å². The Morgan fingerprint density at radius 2 is 1.78 bits per heavy atom. The zero-order valence-corrected chi connectivity index (χ0v) is 18.8. The van der Waals surface area contributed by atoms with Gasteiger partial charge in [-0.05, 0) is 49.6 Å². The highest BCUT2D eigenvalue weighted by Crippen LogP contribution is 2.24. The lowest BCUT2D eigenvalue weighted by atomic mass is 9.98. The van der Waals surface area contributed by atoms with E-state index in [4.69, 9.17) is 4.74 Å². The van der Waals surface area contributed by atoms with Crippen LogP contribution in [0.5, 0.6) is 0 Å². The zero-order chi connectivity index (χ0) is 23.1. The zero-order valence-electron chi connectivity index (χ0n) is 17.9. The van der Waals surface area contributed by atoms with Crippen molar-refractivity contribution in [2.75, 3.05) is 26.2 Å². The Balaban J connectivity index is 1.49. The number of carbonyl (C=O) groups is 2. The van der Waals surface area contributed by atoms with E-state index < -0.39 is 28.5 Å². The van der Waals surface area contributed by atoms with Gasteiger partial charge in [-0.3, -0.25) is 9.59 Å². The van der Waals surface area contributed by atoms with E-state index in [1.807, 2.05) is 0 Å². The maximum absolute atomic E-state index is 13.4. The van der Waals surface area contributed by atoms with Crippen molar-refractivity contribution in [3.8, 4) is 0 Å². The summed E-state index contributed by atoms with van der Waals surface area (Å²) >= 11 is 0. The van der Waals surface area contributed by atoms with Crippen LogP contribution >= 0.6 is 0 Å². The summed E-state index contributed by atoms with van der Waals surface area (Å²) in [6.07, 6.45) is 0.666. The number of halogens is 1. The van der Waals surface area contributed by atoms with Crippen molar-refractivity contribution in [2.45, 2.75) is 31.2 Å². The number of hydrogen-bond donors (Lipinski definition) is 0. The normalized spacial score (nSPS) is 15.3. The molecule has 1 heterocycles. The van der Waals surface area contributed by atoms with Crippen LogP contribution in [-0.4, -0.2) is 55.7 Å². The number of ether oxygens (including phenoxy) is 1. The fraction of sp³-hybridized carbons (Fsp3) is 0.391. The van der Waals surface area contributed by atoms with E-state index in [2.05, 4.69) is 0 Å². The van der Waals surface area contributed by atoms with Gasteiger partial charge in [-0.15, -0.1) is 0 Å². The Morgan fingerprint density at radius 3 is 2.41 bits per heavy atom. The van der Waals surface area contributed by atoms with Crippen LogP contribution in [0.15, 0.2) is 59.5 Å². The molecule has 0 aliphatic carbocycles. The molecular formula is C23H27FN2O5S. The minimum Gasteiger partial charge on any atom is -0.455 e. The van der Waals surface area contributed by atoms with E-state index >= 15 is 0 Å². The molecule has 0 N–H and O–H groups in total. The number of carbonyl (C=O) groups excluding carboxylic acids is 2. The molecule has 7 nitrogen and oxygen atoms in total. The van der Waals surface area contributed by atoms with E-state index in [0.717, 1.165) is 0 Å². The fourth-order valence-corrected chi connectivity index (χ4v) is 5.14. The van der Waals surface area contributed by atoms with Crippen molar-refractivity contribution in [1.29, 1.82) is 0 Å². The number of sulfonamides is 1. The van der Waals surface area contributed by atoms with Crippen LogP contribution in [0.4, 0.5) is 4.39 Å². The van der Waals surface area contributed by atoms with Crippen LogP contribution in [-0.2, 0) is 30.9 Å². The molecule has 9 heteroatoms. The minimum atomic E-state index is -3.59. The molecular weight excluding hydrogens is 435 g/mol. The molecule has 1 amide bonds. The molecule has 2 aromatic carbocycles. The van der Waals surface area contributed by atoms with E-state index in [9.17, 15) is 22.4 Å². The third-order valence-electron chi connectivity index (χ3n) is 5.50. The number of piperidine rings is 1. The quantitative estimate of drug-likeness (QED) is 0.564. The molecule has 0 aromatic heterocycles. The second kappa shape index (κ2) is 10.7.